The van der Waals surface area contributed by atoms with E-state index in [1.54, 1.807) is 20.8 Å². The topological polar surface area (TPSA) is 140 Å². The number of hydrogen-bond donors (Lipinski definition) is 6. The van der Waals surface area contributed by atoms with Gasteiger partial charge in [0, 0.05) is 13.1 Å². The van der Waals surface area contributed by atoms with Gasteiger partial charge in [0.1, 0.15) is 5.60 Å². The maximum Gasteiger partial charge on any atom is 0.407 e. The van der Waals surface area contributed by atoms with Crippen molar-refractivity contribution >= 4 is 23.4 Å². The minimum atomic E-state index is -0.999. The average molecular weight is 468 g/mol. The molecule has 0 saturated heterocycles. The summed E-state index contributed by atoms with van der Waals surface area (Å²) in [5.41, 5.74) is 1.89. The van der Waals surface area contributed by atoms with Gasteiger partial charge in [0.15, 0.2) is 0 Å². The van der Waals surface area contributed by atoms with Gasteiger partial charge in [-0.25, -0.2) is 4.79 Å². The van der Waals surface area contributed by atoms with E-state index >= 15 is 0 Å². The maximum absolute atomic E-state index is 12.6. The van der Waals surface area contributed by atoms with Gasteiger partial charge >= 0.3 is 12.1 Å². The van der Waals surface area contributed by atoms with Crippen molar-refractivity contribution in [3.63, 3.8) is 0 Å². The fourth-order valence-electron chi connectivity index (χ4n) is 3.82. The van der Waals surface area contributed by atoms with Gasteiger partial charge in [-0.05, 0) is 56.7 Å². The van der Waals surface area contributed by atoms with Gasteiger partial charge in [0.25, 0.3) is 0 Å². The van der Waals surface area contributed by atoms with Gasteiger partial charge in [-0.15, -0.1) is 0 Å². The van der Waals surface area contributed by atoms with E-state index in [1.165, 1.54) is 0 Å². The standard InChI is InChI=1S/C24H41N3O6/c1-15-16(8-9-17(25-10-12-28)20(15)26-11-13-29)14-18(19(21(30)31)23(2,3)4)27-22(32)33-24(5,6)7/h8-9,18-19,25-26,28-29H,10-14H2,1-7H3,(H,27,32)(H,30,31)/t18-,19?/m0/s1. The molecule has 1 aromatic carbocycles. The van der Waals surface area contributed by atoms with E-state index in [4.69, 9.17) is 9.84 Å². The Kier molecular flexibility index (Phi) is 10.4. The molecule has 1 rings (SSSR count). The zero-order chi connectivity index (χ0) is 25.4. The Hall–Kier alpha value is -2.52. The molecule has 0 aliphatic heterocycles. The van der Waals surface area contributed by atoms with Crippen LogP contribution in [0.1, 0.15) is 52.7 Å². The minimum Gasteiger partial charge on any atom is -0.481 e. The molecule has 0 aliphatic rings. The lowest BCUT2D eigenvalue weighted by Crippen LogP contribution is -2.50. The monoisotopic (exact) mass is 467 g/mol. The third-order valence-corrected chi connectivity index (χ3v) is 5.16. The number of carboxylic acids is 1. The third kappa shape index (κ3) is 9.09. The number of carboxylic acid groups (broad SMARTS) is 1. The van der Waals surface area contributed by atoms with Gasteiger partial charge in [-0.1, -0.05) is 26.8 Å². The van der Waals surface area contributed by atoms with Gasteiger partial charge in [0.05, 0.1) is 36.5 Å². The van der Waals surface area contributed by atoms with Crippen LogP contribution in [0.2, 0.25) is 0 Å². The summed E-state index contributed by atoms with van der Waals surface area (Å²) >= 11 is 0. The van der Waals surface area contributed by atoms with Crippen LogP contribution < -0.4 is 16.0 Å². The molecule has 1 unspecified atom stereocenters. The van der Waals surface area contributed by atoms with Gasteiger partial charge < -0.3 is 36.0 Å². The molecule has 1 amide bonds. The molecular formula is C24H41N3O6. The van der Waals surface area contributed by atoms with Crippen molar-refractivity contribution in [1.29, 1.82) is 0 Å². The number of benzene rings is 1. The number of aliphatic hydroxyl groups excluding tert-OH is 2. The van der Waals surface area contributed by atoms with Crippen molar-refractivity contribution < 1.29 is 29.6 Å². The van der Waals surface area contributed by atoms with E-state index in [0.717, 1.165) is 22.5 Å². The predicted octanol–water partition coefficient (Wildman–Crippen LogP) is 2.99. The van der Waals surface area contributed by atoms with Crippen molar-refractivity contribution in [2.45, 2.75) is 66.5 Å². The van der Waals surface area contributed by atoms with Crippen LogP contribution in [-0.4, -0.2) is 65.3 Å². The molecule has 0 bridgehead atoms. The summed E-state index contributed by atoms with van der Waals surface area (Å²) in [5.74, 6) is -1.87. The number of aliphatic hydroxyl groups is 2. The summed E-state index contributed by atoms with van der Waals surface area (Å²) in [4.78, 5) is 24.8. The van der Waals surface area contributed by atoms with Crippen LogP contribution in [0.4, 0.5) is 16.2 Å². The number of ether oxygens (including phenoxy) is 1. The lowest BCUT2D eigenvalue weighted by molar-refractivity contribution is -0.146. The SMILES string of the molecule is Cc1c(C[C@H](NC(=O)OC(C)(C)C)C(C(=O)O)C(C)(C)C)ccc(NCCO)c1NCCO. The highest BCUT2D eigenvalue weighted by molar-refractivity contribution is 5.76. The molecule has 0 radical (unpaired) electrons. The van der Waals surface area contributed by atoms with Crippen molar-refractivity contribution in [1.82, 2.24) is 5.32 Å². The molecule has 0 fully saturated rings. The molecule has 1 aromatic rings. The second kappa shape index (κ2) is 12.1. The van der Waals surface area contributed by atoms with Crippen LogP contribution in [0.15, 0.2) is 12.1 Å². The third-order valence-electron chi connectivity index (χ3n) is 5.16. The molecule has 0 heterocycles. The predicted molar refractivity (Wildman–Crippen MR) is 130 cm³/mol. The van der Waals surface area contributed by atoms with Crippen LogP contribution in [0.5, 0.6) is 0 Å². The number of rotatable bonds is 11. The molecule has 9 heteroatoms. The molecule has 0 aliphatic carbocycles. The first-order valence-electron chi connectivity index (χ1n) is 11.3. The molecule has 0 aromatic heterocycles. The van der Waals surface area contributed by atoms with Crippen molar-refractivity contribution in [3.05, 3.63) is 23.3 Å². The largest absolute Gasteiger partial charge is 0.481 e. The van der Waals surface area contributed by atoms with E-state index in [9.17, 15) is 19.8 Å². The second-order valence-corrected chi connectivity index (χ2v) is 10.2. The van der Waals surface area contributed by atoms with E-state index in [0.29, 0.717) is 13.1 Å². The Morgan fingerprint density at radius 2 is 1.58 bits per heavy atom. The number of alkyl carbamates (subject to hydrolysis) is 1. The average Bonchev–Trinajstić information content (AvgIpc) is 2.64. The number of aliphatic carboxylic acids is 1. The van der Waals surface area contributed by atoms with E-state index in [-0.39, 0.29) is 19.6 Å². The molecular weight excluding hydrogens is 426 g/mol. The summed E-state index contributed by atoms with van der Waals surface area (Å²) in [7, 11) is 0. The Balaban J connectivity index is 3.39. The summed E-state index contributed by atoms with van der Waals surface area (Å²) in [5, 5.41) is 37.6. The molecule has 188 valence electrons. The highest BCUT2D eigenvalue weighted by Crippen LogP contribution is 2.34. The number of carbonyl (C=O) groups excluding carboxylic acids is 1. The first-order valence-corrected chi connectivity index (χ1v) is 11.3. The zero-order valence-corrected chi connectivity index (χ0v) is 20.9. The van der Waals surface area contributed by atoms with Gasteiger partial charge in [-0.3, -0.25) is 4.79 Å². The smallest absolute Gasteiger partial charge is 0.407 e. The summed E-state index contributed by atoms with van der Waals surface area (Å²) < 4.78 is 5.40. The van der Waals surface area contributed by atoms with E-state index in [1.807, 2.05) is 39.8 Å². The highest BCUT2D eigenvalue weighted by atomic mass is 16.6. The van der Waals surface area contributed by atoms with Crippen LogP contribution >= 0.6 is 0 Å². The van der Waals surface area contributed by atoms with Crippen molar-refractivity contribution in [2.24, 2.45) is 11.3 Å². The number of carbonyl (C=O) groups is 2. The molecule has 9 nitrogen and oxygen atoms in total. The number of hydrogen-bond acceptors (Lipinski definition) is 7. The van der Waals surface area contributed by atoms with E-state index in [2.05, 4.69) is 16.0 Å². The molecule has 6 N–H and O–H groups in total. The summed E-state index contributed by atoms with van der Waals surface area (Å²) in [6.45, 7) is 13.2. The van der Waals surface area contributed by atoms with Crippen molar-refractivity contribution in [2.75, 3.05) is 36.9 Å². The Labute approximate surface area is 196 Å². The highest BCUT2D eigenvalue weighted by Gasteiger charge is 2.40. The number of nitrogens with one attached hydrogen (secondary N) is 3. The maximum atomic E-state index is 12.6. The zero-order valence-electron chi connectivity index (χ0n) is 20.9. The minimum absolute atomic E-state index is 0.0337. The molecule has 0 spiro atoms. The van der Waals surface area contributed by atoms with Crippen LogP contribution in [0, 0.1) is 18.3 Å². The lowest BCUT2D eigenvalue weighted by Gasteiger charge is -2.35. The quantitative estimate of drug-likeness (QED) is 0.292. The van der Waals surface area contributed by atoms with Gasteiger partial charge in [-0.2, -0.15) is 0 Å². The number of anilines is 2. The van der Waals surface area contributed by atoms with Crippen molar-refractivity contribution in [3.8, 4) is 0 Å². The Morgan fingerprint density at radius 3 is 2.06 bits per heavy atom. The second-order valence-electron chi connectivity index (χ2n) is 10.2. The molecule has 33 heavy (non-hydrogen) atoms. The van der Waals surface area contributed by atoms with E-state index < -0.39 is 35.0 Å². The molecule has 2 atom stereocenters. The van der Waals surface area contributed by atoms with Crippen LogP contribution in [-0.2, 0) is 16.0 Å². The van der Waals surface area contributed by atoms with Gasteiger partial charge in [0.2, 0.25) is 0 Å². The van der Waals surface area contributed by atoms with Crippen LogP contribution in [0.25, 0.3) is 0 Å². The lowest BCUT2D eigenvalue weighted by atomic mass is 9.74. The molecule has 0 saturated carbocycles. The summed E-state index contributed by atoms with van der Waals surface area (Å²) in [6, 6.07) is 3.00. The fraction of sp³-hybridized carbons (Fsp3) is 0.667. The van der Waals surface area contributed by atoms with Crippen LogP contribution in [0.3, 0.4) is 0 Å². The number of amides is 1. The Bertz CT molecular complexity index is 799. The fourth-order valence-corrected chi connectivity index (χ4v) is 3.82. The first-order chi connectivity index (χ1) is 15.2. The summed E-state index contributed by atoms with van der Waals surface area (Å²) in [6.07, 6.45) is -0.395. The Morgan fingerprint density at radius 1 is 1.00 bits per heavy atom. The first kappa shape index (κ1) is 28.5. The normalized spacial score (nSPS) is 13.7.